The Labute approximate surface area is 622 Å². The van der Waals surface area contributed by atoms with Crippen LogP contribution in [0.15, 0.2) is 109 Å². The molecule has 6 aromatic rings. The summed E-state index contributed by atoms with van der Waals surface area (Å²) in [5.41, 5.74) is 1.88. The van der Waals surface area contributed by atoms with Gasteiger partial charge < -0.3 is 37.9 Å². The molecular formula is C88H124N6O10. The van der Waals surface area contributed by atoms with Gasteiger partial charge in [-0.25, -0.2) is 9.59 Å². The second-order valence-electron chi connectivity index (χ2n) is 30.1. The van der Waals surface area contributed by atoms with Gasteiger partial charge in [0.25, 0.3) is 0 Å². The molecule has 16 heteroatoms. The molecule has 2 fully saturated rings. The molecule has 6 heterocycles. The molecule has 0 spiro atoms. The minimum atomic E-state index is -1.52. The summed E-state index contributed by atoms with van der Waals surface area (Å²) in [6.45, 7) is 14.9. The van der Waals surface area contributed by atoms with Crippen LogP contribution in [0.3, 0.4) is 0 Å². The Balaban J connectivity index is 0.859. The van der Waals surface area contributed by atoms with Crippen molar-refractivity contribution in [1.82, 2.24) is 29.4 Å². The number of carbonyl (C=O) groups is 2. The average Bonchev–Trinajstić information content (AvgIpc) is 1.47. The molecule has 0 atom stereocenters. The van der Waals surface area contributed by atoms with Gasteiger partial charge in [0.2, 0.25) is 0 Å². The fourth-order valence-electron chi connectivity index (χ4n) is 17.6. The molecule has 8 bridgehead atoms. The van der Waals surface area contributed by atoms with Crippen LogP contribution in [-0.4, -0.2) is 160 Å². The number of nitrogens with zero attached hydrogens (tertiary/aromatic N) is 6. The summed E-state index contributed by atoms with van der Waals surface area (Å²) >= 11 is 0. The number of urea groups is 2. The highest BCUT2D eigenvalue weighted by molar-refractivity contribution is 5.98. The maximum atomic E-state index is 17.1. The zero-order valence-corrected chi connectivity index (χ0v) is 63.5. The van der Waals surface area contributed by atoms with E-state index >= 15 is 9.59 Å². The van der Waals surface area contributed by atoms with E-state index in [2.05, 4.69) is 96.4 Å². The van der Waals surface area contributed by atoms with Gasteiger partial charge in [0.15, 0.2) is 11.3 Å². The summed E-state index contributed by atoms with van der Waals surface area (Å²) in [6, 6.07) is 36.6. The van der Waals surface area contributed by atoms with Gasteiger partial charge in [-0.1, -0.05) is 266 Å². The molecule has 6 aliphatic heterocycles. The quantitative estimate of drug-likeness (QED) is 0.0373. The van der Waals surface area contributed by atoms with Crippen molar-refractivity contribution in [2.45, 2.75) is 231 Å². The van der Waals surface area contributed by atoms with E-state index in [-0.39, 0.29) is 64.7 Å². The monoisotopic (exact) mass is 1420 g/mol. The van der Waals surface area contributed by atoms with E-state index in [0.717, 1.165) is 107 Å². The zero-order valence-electron chi connectivity index (χ0n) is 63.5. The Hall–Kier alpha value is -6.66. The summed E-state index contributed by atoms with van der Waals surface area (Å²) in [5, 5.41) is 3.70. The van der Waals surface area contributed by atoms with E-state index in [0.29, 0.717) is 75.9 Å². The first kappa shape index (κ1) is 77.0. The van der Waals surface area contributed by atoms with E-state index in [1.807, 2.05) is 56.0 Å². The Morgan fingerprint density at radius 2 is 0.538 bits per heavy atom. The standard InChI is InChI=1S/C88H124N6O10/c1-3-5-7-9-11-13-15-17-19-21-23-25-27-35-49-89-51-55-97-59-63-101-79-45-41-71-43-47-81-77-69-93-86(96)94-70-78-82(104-66-62-100-58-54-90(53-57-99-61-65-103-81)50-36-28-26-24-22-20-18-16-14-12-10-8-6-4-2)48-44-72-42-46-80(102-64-60-98-56-52-89)76(84(72)78)68-92-85(95)91(67-75(79)83(71)77)87(93,73-37-31-29-32-38-73)88(92,94)74-39-33-30-34-40-74/h29-34,37-48H,3-28,35-36,49-70H2,1-2H3. The van der Waals surface area contributed by atoms with E-state index in [1.54, 1.807) is 0 Å². The van der Waals surface area contributed by atoms with Crippen molar-refractivity contribution in [3.63, 3.8) is 0 Å². The maximum Gasteiger partial charge on any atom is 0.325 e. The first-order valence-electron chi connectivity index (χ1n) is 41.2. The highest BCUT2D eigenvalue weighted by Crippen LogP contribution is 2.66. The molecule has 0 N–H and O–H groups in total. The van der Waals surface area contributed by atoms with Crippen LogP contribution >= 0.6 is 0 Å². The number of carbonyl (C=O) groups excluding carboxylic acids is 2. The lowest BCUT2D eigenvalue weighted by molar-refractivity contribution is -0.0867. The summed E-state index contributed by atoms with van der Waals surface area (Å²) in [6.07, 6.45) is 37.3. The molecular weight excluding hydrogens is 1300 g/mol. The summed E-state index contributed by atoms with van der Waals surface area (Å²) in [4.78, 5) is 47.1. The van der Waals surface area contributed by atoms with E-state index < -0.39 is 11.3 Å². The van der Waals surface area contributed by atoms with Crippen molar-refractivity contribution in [2.75, 3.05) is 119 Å². The molecule has 0 aliphatic carbocycles. The lowest BCUT2D eigenvalue weighted by atomic mass is 9.77. The van der Waals surface area contributed by atoms with Crippen LogP contribution < -0.4 is 18.9 Å². The fourth-order valence-corrected chi connectivity index (χ4v) is 17.6. The van der Waals surface area contributed by atoms with Crippen molar-refractivity contribution in [2.24, 2.45) is 0 Å². The minimum Gasteiger partial charge on any atom is -0.491 e. The summed E-state index contributed by atoms with van der Waals surface area (Å²) in [5.74, 6) is 2.59. The van der Waals surface area contributed by atoms with Gasteiger partial charge in [0.1, 0.15) is 49.4 Å². The summed E-state index contributed by atoms with van der Waals surface area (Å²) < 4.78 is 54.1. The van der Waals surface area contributed by atoms with Gasteiger partial charge in [-0.2, -0.15) is 0 Å². The van der Waals surface area contributed by atoms with Gasteiger partial charge in [-0.15, -0.1) is 0 Å². The Bertz CT molecular complexity index is 3220. The molecule has 0 saturated carbocycles. The van der Waals surface area contributed by atoms with E-state index in [4.69, 9.17) is 37.9 Å². The topological polar surface area (TPSA) is 127 Å². The Morgan fingerprint density at radius 3 is 0.798 bits per heavy atom. The third-order valence-corrected chi connectivity index (χ3v) is 23.0. The van der Waals surface area contributed by atoms with Gasteiger partial charge in [-0.3, -0.25) is 29.4 Å². The molecule has 16 nitrogen and oxygen atoms in total. The molecule has 6 aromatic carbocycles. The van der Waals surface area contributed by atoms with Crippen molar-refractivity contribution in [1.29, 1.82) is 0 Å². The van der Waals surface area contributed by atoms with Gasteiger partial charge >= 0.3 is 12.1 Å². The van der Waals surface area contributed by atoms with Crippen molar-refractivity contribution in [3.05, 3.63) is 143 Å². The molecule has 0 radical (unpaired) electrons. The average molecular weight is 1430 g/mol. The molecule has 6 aliphatic rings. The zero-order chi connectivity index (χ0) is 71.4. The van der Waals surface area contributed by atoms with E-state index in [1.165, 1.54) is 167 Å². The van der Waals surface area contributed by atoms with Crippen molar-refractivity contribution < 1.29 is 47.5 Å². The largest absolute Gasteiger partial charge is 0.491 e. The molecule has 2 saturated heterocycles. The molecule has 0 aromatic heterocycles. The second kappa shape index (κ2) is 40.3. The lowest BCUT2D eigenvalue weighted by Gasteiger charge is -2.51. The summed E-state index contributed by atoms with van der Waals surface area (Å²) in [7, 11) is 0. The van der Waals surface area contributed by atoms with E-state index in [9.17, 15) is 0 Å². The minimum absolute atomic E-state index is 0.0831. The third kappa shape index (κ3) is 18.5. The highest BCUT2D eigenvalue weighted by Gasteiger charge is 2.80. The SMILES string of the molecule is CCCCCCCCCCCCCCCCN1CCOCCOc2ccc3ccc4c5c3c2CN2C(=O)N3Cc6c(ccc7ccc(c(c67)CN6C(=O)N(C5)C2(c2ccccc2)C36c2ccccc2)OCCOCCN(CCCCCCCCCCCCCCCC)CCOCCO4)OCCOCC1. The molecule has 104 heavy (non-hydrogen) atoms. The van der Waals surface area contributed by atoms with Crippen LogP contribution in [0.5, 0.6) is 23.0 Å². The molecule has 12 rings (SSSR count). The normalized spacial score (nSPS) is 20.3. The fraction of sp³-hybridized carbons (Fsp3) is 0.614. The van der Waals surface area contributed by atoms with Gasteiger partial charge in [0.05, 0.1) is 79.0 Å². The number of rotatable bonds is 32. The van der Waals surface area contributed by atoms with Gasteiger partial charge in [0, 0.05) is 59.6 Å². The predicted octanol–water partition coefficient (Wildman–Crippen LogP) is 19.1. The number of amides is 4. The number of benzene rings is 6. The predicted molar refractivity (Wildman–Crippen MR) is 416 cm³/mol. The lowest BCUT2D eigenvalue weighted by Crippen LogP contribution is -2.63. The van der Waals surface area contributed by atoms with Crippen LogP contribution in [-0.2, 0) is 56.5 Å². The molecule has 566 valence electrons. The molecule has 0 unspecified atom stereocenters. The molecule has 4 amide bonds. The van der Waals surface area contributed by atoms with Crippen LogP contribution in [0, 0.1) is 0 Å². The van der Waals surface area contributed by atoms with Crippen LogP contribution in [0.4, 0.5) is 9.59 Å². The third-order valence-electron chi connectivity index (χ3n) is 23.0. The Morgan fingerprint density at radius 1 is 0.288 bits per heavy atom. The second-order valence-corrected chi connectivity index (χ2v) is 30.1. The van der Waals surface area contributed by atoms with Crippen LogP contribution in [0.25, 0.3) is 21.5 Å². The number of unbranched alkanes of at least 4 members (excludes halogenated alkanes) is 26. The van der Waals surface area contributed by atoms with Gasteiger partial charge in [-0.05, 0) is 71.7 Å². The van der Waals surface area contributed by atoms with Crippen LogP contribution in [0.2, 0.25) is 0 Å². The number of hydrogen-bond donors (Lipinski definition) is 0. The van der Waals surface area contributed by atoms with Crippen molar-refractivity contribution in [3.8, 4) is 23.0 Å². The smallest absolute Gasteiger partial charge is 0.325 e. The first-order valence-corrected chi connectivity index (χ1v) is 41.2. The Kier molecular flexibility index (Phi) is 29.9. The highest BCUT2D eigenvalue weighted by atomic mass is 16.5. The van der Waals surface area contributed by atoms with Crippen LogP contribution in [0.1, 0.15) is 227 Å². The first-order chi connectivity index (χ1) is 51.5. The van der Waals surface area contributed by atoms with Crippen molar-refractivity contribution >= 4 is 33.6 Å². The number of ether oxygens (including phenoxy) is 8. The number of hydrogen-bond acceptors (Lipinski definition) is 12. The maximum absolute atomic E-state index is 17.1.